The number of hydroxylamine groups is 2. The molecule has 1 aliphatic heterocycles. The number of benzene rings is 2. The molecule has 0 aromatic heterocycles. The number of amides is 2. The first-order valence-corrected chi connectivity index (χ1v) is 12.4. The van der Waals surface area contributed by atoms with Gasteiger partial charge in [0.2, 0.25) is 0 Å². The van der Waals surface area contributed by atoms with Gasteiger partial charge in [0.05, 0.1) is 21.2 Å². The molecule has 1 N–H and O–H groups in total. The second kappa shape index (κ2) is 12.0. The predicted octanol–water partition coefficient (Wildman–Crippen LogP) is 7.87. The van der Waals surface area contributed by atoms with E-state index in [2.05, 4.69) is 20.8 Å². The summed E-state index contributed by atoms with van der Waals surface area (Å²) in [7, 11) is 0. The molecule has 0 radical (unpaired) electrons. The van der Waals surface area contributed by atoms with E-state index in [-0.39, 0.29) is 31.7 Å². The second-order valence-corrected chi connectivity index (χ2v) is 10.0. The highest BCUT2D eigenvalue weighted by Gasteiger charge is 2.43. The Bertz CT molecular complexity index is 1360. The van der Waals surface area contributed by atoms with Crippen molar-refractivity contribution in [1.29, 1.82) is 0 Å². The number of halogens is 13. The van der Waals surface area contributed by atoms with Crippen LogP contribution in [0.2, 0.25) is 10.0 Å². The number of hydrogen-bond acceptors (Lipinski definition) is 3. The molecule has 2 amide bonds. The molecule has 1 saturated heterocycles. The lowest BCUT2D eigenvalue weighted by atomic mass is 9.95. The molecule has 0 saturated carbocycles. The van der Waals surface area contributed by atoms with Gasteiger partial charge in [0.15, 0.2) is 0 Å². The maximum atomic E-state index is 15.0. The Morgan fingerprint density at radius 2 is 1.73 bits per heavy atom. The smallest absolute Gasteiger partial charge is 0.338 e. The molecular weight excluding hydrogens is 693 g/mol. The molecule has 0 aliphatic carbocycles. The van der Waals surface area contributed by atoms with Crippen molar-refractivity contribution in [3.63, 3.8) is 0 Å². The van der Waals surface area contributed by atoms with Crippen molar-refractivity contribution in [1.82, 2.24) is 10.4 Å². The highest BCUT2D eigenvalue weighted by Crippen LogP contribution is 2.43. The van der Waals surface area contributed by atoms with Crippen molar-refractivity contribution in [2.75, 3.05) is 13.2 Å². The van der Waals surface area contributed by atoms with E-state index in [1.807, 2.05) is 0 Å². The molecule has 2 aromatic carbocycles. The van der Waals surface area contributed by atoms with E-state index < -0.39 is 83.5 Å². The number of carbonyl (C=O) groups is 2. The minimum Gasteiger partial charge on any atom is -0.338 e. The Morgan fingerprint density at radius 1 is 1.10 bits per heavy atom. The summed E-state index contributed by atoms with van der Waals surface area (Å²) in [6, 6.07) is 1.01. The minimum absolute atomic E-state index is 0.00497. The van der Waals surface area contributed by atoms with Gasteiger partial charge in [-0.15, -0.1) is 0 Å². The maximum absolute atomic E-state index is 15.0. The van der Waals surface area contributed by atoms with Gasteiger partial charge in [0.25, 0.3) is 11.8 Å². The average Bonchev–Trinajstić information content (AvgIpc) is 3.16. The molecular formula is C23H13BrCl2F10N2O3. The minimum atomic E-state index is -5.35. The summed E-state index contributed by atoms with van der Waals surface area (Å²) in [4.78, 5) is 29.1. The number of nitrogens with zero attached hydrogens (tertiary/aromatic N) is 1. The molecule has 224 valence electrons. The van der Waals surface area contributed by atoms with Crippen molar-refractivity contribution in [3.8, 4) is 0 Å². The van der Waals surface area contributed by atoms with Crippen LogP contribution in [0.4, 0.5) is 43.9 Å². The number of hydrogen-bond donors (Lipinski definition) is 1. The van der Waals surface area contributed by atoms with Crippen LogP contribution in [0.1, 0.15) is 33.0 Å². The summed E-state index contributed by atoms with van der Waals surface area (Å²) in [5.41, 5.74) is -4.56. The van der Waals surface area contributed by atoms with Crippen LogP contribution in [-0.4, -0.2) is 48.4 Å². The van der Waals surface area contributed by atoms with Gasteiger partial charge >= 0.3 is 18.5 Å². The molecule has 5 nitrogen and oxygen atoms in total. The Hall–Kier alpha value is -2.56. The normalized spacial score (nSPS) is 17.7. The summed E-state index contributed by atoms with van der Waals surface area (Å²) in [6.45, 7) is -2.66. The molecule has 1 aliphatic rings. The first-order chi connectivity index (χ1) is 18.7. The van der Waals surface area contributed by atoms with Crippen LogP contribution in [-0.2, 0) is 15.8 Å². The fourth-order valence-corrected chi connectivity index (χ4v) is 4.53. The molecule has 2 aromatic rings. The van der Waals surface area contributed by atoms with Crippen molar-refractivity contribution in [2.24, 2.45) is 0 Å². The monoisotopic (exact) mass is 704 g/mol. The zero-order valence-electron chi connectivity index (χ0n) is 19.6. The molecule has 1 fully saturated rings. The van der Waals surface area contributed by atoms with Gasteiger partial charge in [-0.2, -0.15) is 39.5 Å². The van der Waals surface area contributed by atoms with E-state index in [1.54, 1.807) is 5.32 Å². The van der Waals surface area contributed by atoms with E-state index >= 15 is 4.39 Å². The fourth-order valence-electron chi connectivity index (χ4n) is 3.60. The van der Waals surface area contributed by atoms with Gasteiger partial charge in [-0.25, -0.2) is 9.45 Å². The van der Waals surface area contributed by atoms with Crippen LogP contribution in [0.5, 0.6) is 0 Å². The fraction of sp³-hybridized carbons (Fsp3) is 0.304. The van der Waals surface area contributed by atoms with Gasteiger partial charge in [0, 0.05) is 10.0 Å². The van der Waals surface area contributed by atoms with Crippen molar-refractivity contribution < 1.29 is 58.3 Å². The van der Waals surface area contributed by atoms with E-state index in [4.69, 9.17) is 23.2 Å². The Kier molecular flexibility index (Phi) is 9.62. The number of allylic oxidation sites excluding steroid dienone is 1. The van der Waals surface area contributed by atoms with Gasteiger partial charge in [-0.1, -0.05) is 29.3 Å². The van der Waals surface area contributed by atoms with E-state index in [0.717, 1.165) is 12.1 Å². The third-order valence-corrected chi connectivity index (χ3v) is 7.10. The Labute approximate surface area is 242 Å². The molecule has 18 heteroatoms. The van der Waals surface area contributed by atoms with Crippen LogP contribution >= 0.6 is 39.1 Å². The first kappa shape index (κ1) is 32.9. The van der Waals surface area contributed by atoms with E-state index in [1.165, 1.54) is 0 Å². The summed E-state index contributed by atoms with van der Waals surface area (Å²) in [5.74, 6) is -7.40. The Balaban J connectivity index is 1.95. The summed E-state index contributed by atoms with van der Waals surface area (Å²) in [5, 5.41) is 1.23. The standard InChI is InChI=1S/C23H13BrCl2F10N2O3/c24-14-4-10(5-15(25)18(14)26)12(22(31,32)33)6-16(27)9-1-2-11(13(3-9)23(34,35)36)19(39)37-17-7-41-38(20(17)40)8-21(28,29)30/h1-6,12,17H,7-8H2,(H,37,39)/b16-6-. The van der Waals surface area contributed by atoms with Crippen LogP contribution in [0, 0.1) is 0 Å². The van der Waals surface area contributed by atoms with Crippen molar-refractivity contribution >= 4 is 56.8 Å². The highest BCUT2D eigenvalue weighted by molar-refractivity contribution is 9.10. The summed E-state index contributed by atoms with van der Waals surface area (Å²) < 4.78 is 135. The number of alkyl halides is 9. The van der Waals surface area contributed by atoms with Crippen LogP contribution in [0.25, 0.3) is 5.83 Å². The quantitative estimate of drug-likeness (QED) is 0.246. The number of rotatable bonds is 6. The van der Waals surface area contributed by atoms with Crippen molar-refractivity contribution in [3.05, 3.63) is 73.2 Å². The average molecular weight is 706 g/mol. The largest absolute Gasteiger partial charge is 0.417 e. The molecule has 0 spiro atoms. The highest BCUT2D eigenvalue weighted by atomic mass is 79.9. The third kappa shape index (κ3) is 8.05. The van der Waals surface area contributed by atoms with Gasteiger partial charge in [0.1, 0.15) is 30.9 Å². The van der Waals surface area contributed by atoms with Gasteiger partial charge in [-0.3, -0.25) is 14.4 Å². The van der Waals surface area contributed by atoms with Crippen molar-refractivity contribution in [2.45, 2.75) is 30.5 Å². The third-order valence-electron chi connectivity index (χ3n) is 5.45. The molecule has 2 unspecified atom stereocenters. The second-order valence-electron chi connectivity index (χ2n) is 8.40. The zero-order valence-corrected chi connectivity index (χ0v) is 22.7. The van der Waals surface area contributed by atoms with Crippen LogP contribution < -0.4 is 5.32 Å². The molecule has 2 atom stereocenters. The predicted molar refractivity (Wildman–Crippen MR) is 128 cm³/mol. The molecule has 0 bridgehead atoms. The lowest BCUT2D eigenvalue weighted by Gasteiger charge is -2.19. The van der Waals surface area contributed by atoms with Crippen LogP contribution in [0.15, 0.2) is 40.9 Å². The SMILES string of the molecule is O=C(NC1CON(CC(F)(F)F)C1=O)c1ccc(/C(F)=C/C(c2cc(Cl)c(Cl)c(Br)c2)C(F)(F)F)cc1C(F)(F)F. The summed E-state index contributed by atoms with van der Waals surface area (Å²) in [6.07, 6.45) is -15.3. The lowest BCUT2D eigenvalue weighted by molar-refractivity contribution is -0.214. The topological polar surface area (TPSA) is 58.6 Å². The molecule has 3 rings (SSSR count). The molecule has 41 heavy (non-hydrogen) atoms. The maximum Gasteiger partial charge on any atom is 0.417 e. The Morgan fingerprint density at radius 3 is 2.27 bits per heavy atom. The van der Waals surface area contributed by atoms with Gasteiger partial charge in [-0.05, 0) is 51.8 Å². The number of carbonyl (C=O) groups excluding carboxylic acids is 2. The lowest BCUT2D eigenvalue weighted by Crippen LogP contribution is -2.44. The van der Waals surface area contributed by atoms with E-state index in [9.17, 15) is 49.1 Å². The van der Waals surface area contributed by atoms with Gasteiger partial charge < -0.3 is 5.32 Å². The molecule has 1 heterocycles. The van der Waals surface area contributed by atoms with Crippen LogP contribution in [0.3, 0.4) is 0 Å². The first-order valence-electron chi connectivity index (χ1n) is 10.8. The summed E-state index contributed by atoms with van der Waals surface area (Å²) >= 11 is 14.5. The van der Waals surface area contributed by atoms with E-state index in [0.29, 0.717) is 12.1 Å². The number of nitrogens with one attached hydrogen (secondary N) is 1. The zero-order chi connectivity index (χ0) is 31.1.